The highest BCUT2D eigenvalue weighted by molar-refractivity contribution is 4.87. The minimum atomic E-state index is 0.657. The summed E-state index contributed by atoms with van der Waals surface area (Å²) in [4.78, 5) is 2.32. The molecule has 1 aliphatic rings. The van der Waals surface area contributed by atoms with Crippen LogP contribution >= 0.6 is 0 Å². The first-order valence-corrected chi connectivity index (χ1v) is 4.20. The number of hydrogen-bond donors (Lipinski definition) is 0. The van der Waals surface area contributed by atoms with E-state index in [2.05, 4.69) is 11.9 Å². The van der Waals surface area contributed by atoms with E-state index >= 15 is 0 Å². The molecule has 11 heavy (non-hydrogen) atoms. The van der Waals surface area contributed by atoms with E-state index in [-0.39, 0.29) is 0 Å². The second-order valence-electron chi connectivity index (χ2n) is 3.13. The molecule has 0 bridgehead atoms. The fourth-order valence-corrected chi connectivity index (χ4v) is 1.09. The molecular formula is C9H17NO. The third kappa shape index (κ3) is 2.22. The van der Waals surface area contributed by atoms with Crippen LogP contribution in [0.3, 0.4) is 0 Å². The molecule has 1 unspecified atom stereocenters. The predicted octanol–water partition coefficient (Wildman–Crippen LogP) is 1.63. The van der Waals surface area contributed by atoms with Crippen LogP contribution in [0.5, 0.6) is 0 Å². The van der Waals surface area contributed by atoms with Gasteiger partial charge in [0.2, 0.25) is 0 Å². The second-order valence-corrected chi connectivity index (χ2v) is 3.13. The predicted molar refractivity (Wildman–Crippen MR) is 46.4 cm³/mol. The molecule has 2 heteroatoms. The summed E-state index contributed by atoms with van der Waals surface area (Å²) in [6.07, 6.45) is 3.28. The highest BCUT2D eigenvalue weighted by Gasteiger charge is 2.24. The molecule has 0 radical (unpaired) electrons. The summed E-state index contributed by atoms with van der Waals surface area (Å²) in [6.45, 7) is 6.08. The first-order chi connectivity index (χ1) is 5.24. The average Bonchev–Trinajstić information content (AvgIpc) is 2.01. The maximum Gasteiger partial charge on any atom is 0.103 e. The van der Waals surface area contributed by atoms with Gasteiger partial charge in [-0.3, -0.25) is 4.90 Å². The summed E-state index contributed by atoms with van der Waals surface area (Å²) in [6, 6.07) is 0.657. The van der Waals surface area contributed by atoms with E-state index in [9.17, 15) is 0 Å². The molecule has 1 atom stereocenters. The first kappa shape index (κ1) is 8.60. The van der Waals surface area contributed by atoms with Crippen LogP contribution in [0.15, 0.2) is 11.8 Å². The van der Waals surface area contributed by atoms with Crippen LogP contribution in [0.1, 0.15) is 20.3 Å². The smallest absolute Gasteiger partial charge is 0.103 e. The van der Waals surface area contributed by atoms with Gasteiger partial charge in [-0.25, -0.2) is 0 Å². The van der Waals surface area contributed by atoms with Crippen molar-refractivity contribution in [3.8, 4) is 0 Å². The summed E-state index contributed by atoms with van der Waals surface area (Å²) in [5.74, 6) is 1.03. The molecule has 2 nitrogen and oxygen atoms in total. The van der Waals surface area contributed by atoms with Gasteiger partial charge in [-0.1, -0.05) is 6.08 Å². The Morgan fingerprint density at radius 3 is 2.82 bits per heavy atom. The fourth-order valence-electron chi connectivity index (χ4n) is 1.09. The molecule has 0 saturated carbocycles. The molecule has 0 aromatic heterocycles. The zero-order valence-corrected chi connectivity index (χ0v) is 7.63. The van der Waals surface area contributed by atoms with Gasteiger partial charge in [-0.05, 0) is 33.9 Å². The molecule has 1 heterocycles. The number of likely N-dealkylation sites (tertiary alicyclic amines) is 1. The van der Waals surface area contributed by atoms with Gasteiger partial charge in [-0.15, -0.1) is 0 Å². The summed E-state index contributed by atoms with van der Waals surface area (Å²) in [7, 11) is 2.14. The molecule has 0 spiro atoms. The molecule has 0 aliphatic carbocycles. The SMILES string of the molecule is CC=C(C)OCC1CCN1C. The van der Waals surface area contributed by atoms with E-state index in [1.165, 1.54) is 13.0 Å². The third-order valence-corrected chi connectivity index (χ3v) is 2.35. The van der Waals surface area contributed by atoms with Gasteiger partial charge in [0.1, 0.15) is 6.61 Å². The van der Waals surface area contributed by atoms with E-state index in [1.54, 1.807) is 0 Å². The molecular weight excluding hydrogens is 138 g/mol. The van der Waals surface area contributed by atoms with Gasteiger partial charge in [-0.2, -0.15) is 0 Å². The topological polar surface area (TPSA) is 12.5 Å². The molecule has 1 saturated heterocycles. The van der Waals surface area contributed by atoms with Crippen molar-refractivity contribution in [2.75, 3.05) is 20.2 Å². The zero-order valence-electron chi connectivity index (χ0n) is 7.63. The van der Waals surface area contributed by atoms with E-state index in [0.717, 1.165) is 12.4 Å². The van der Waals surface area contributed by atoms with E-state index in [0.29, 0.717) is 6.04 Å². The van der Waals surface area contributed by atoms with Crippen molar-refractivity contribution in [3.05, 3.63) is 11.8 Å². The van der Waals surface area contributed by atoms with Crippen molar-refractivity contribution in [2.45, 2.75) is 26.3 Å². The van der Waals surface area contributed by atoms with Crippen LogP contribution in [0.2, 0.25) is 0 Å². The van der Waals surface area contributed by atoms with Crippen LogP contribution in [-0.4, -0.2) is 31.1 Å². The van der Waals surface area contributed by atoms with E-state index in [1.807, 2.05) is 19.9 Å². The summed E-state index contributed by atoms with van der Waals surface area (Å²) in [5, 5.41) is 0. The van der Waals surface area contributed by atoms with Gasteiger partial charge < -0.3 is 4.74 Å². The Hall–Kier alpha value is -0.500. The van der Waals surface area contributed by atoms with Crippen molar-refractivity contribution in [3.63, 3.8) is 0 Å². The van der Waals surface area contributed by atoms with Crippen LogP contribution < -0.4 is 0 Å². The van der Waals surface area contributed by atoms with Gasteiger partial charge in [0.25, 0.3) is 0 Å². The van der Waals surface area contributed by atoms with Crippen molar-refractivity contribution in [1.82, 2.24) is 4.90 Å². The van der Waals surface area contributed by atoms with Crippen LogP contribution in [-0.2, 0) is 4.74 Å². The molecule has 64 valence electrons. The summed E-state index contributed by atoms with van der Waals surface area (Å²) in [5.41, 5.74) is 0. The van der Waals surface area contributed by atoms with Gasteiger partial charge in [0.05, 0.1) is 5.76 Å². The maximum absolute atomic E-state index is 5.48. The highest BCUT2D eigenvalue weighted by atomic mass is 16.5. The number of hydrogen-bond acceptors (Lipinski definition) is 2. The minimum Gasteiger partial charge on any atom is -0.497 e. The Kier molecular flexibility index (Phi) is 2.94. The van der Waals surface area contributed by atoms with Crippen molar-refractivity contribution in [1.29, 1.82) is 0 Å². The van der Waals surface area contributed by atoms with Gasteiger partial charge in [0.15, 0.2) is 0 Å². The highest BCUT2D eigenvalue weighted by Crippen LogP contribution is 2.15. The van der Waals surface area contributed by atoms with Crippen LogP contribution in [0, 0.1) is 0 Å². The lowest BCUT2D eigenvalue weighted by molar-refractivity contribution is 0.0497. The van der Waals surface area contributed by atoms with Gasteiger partial charge >= 0.3 is 0 Å². The van der Waals surface area contributed by atoms with Crippen molar-refractivity contribution >= 4 is 0 Å². The molecule has 0 amide bonds. The lowest BCUT2D eigenvalue weighted by Gasteiger charge is -2.37. The number of ether oxygens (including phenoxy) is 1. The Bertz CT molecular complexity index is 154. The average molecular weight is 155 g/mol. The van der Waals surface area contributed by atoms with Gasteiger partial charge in [0, 0.05) is 6.04 Å². The molecule has 0 aromatic rings. The standard InChI is InChI=1S/C9H17NO/c1-4-8(2)11-7-9-5-6-10(9)3/h4,9H,5-7H2,1-3H3. The summed E-state index contributed by atoms with van der Waals surface area (Å²) < 4.78 is 5.48. The third-order valence-electron chi connectivity index (χ3n) is 2.35. The fraction of sp³-hybridized carbons (Fsp3) is 0.778. The zero-order chi connectivity index (χ0) is 8.27. The molecule has 0 N–H and O–H groups in total. The maximum atomic E-state index is 5.48. The van der Waals surface area contributed by atoms with E-state index in [4.69, 9.17) is 4.74 Å². The Morgan fingerprint density at radius 1 is 1.73 bits per heavy atom. The quantitative estimate of drug-likeness (QED) is 0.574. The Morgan fingerprint density at radius 2 is 2.45 bits per heavy atom. The first-order valence-electron chi connectivity index (χ1n) is 4.20. The largest absolute Gasteiger partial charge is 0.497 e. The lowest BCUT2D eigenvalue weighted by atomic mass is 10.1. The van der Waals surface area contributed by atoms with E-state index < -0.39 is 0 Å². The second kappa shape index (κ2) is 3.77. The molecule has 1 rings (SSSR count). The Balaban J connectivity index is 2.12. The Labute approximate surface area is 68.8 Å². The van der Waals surface area contributed by atoms with Crippen LogP contribution in [0.25, 0.3) is 0 Å². The minimum absolute atomic E-state index is 0.657. The molecule has 0 aromatic carbocycles. The monoisotopic (exact) mass is 155 g/mol. The number of likely N-dealkylation sites (N-methyl/N-ethyl adjacent to an activating group) is 1. The molecule has 1 fully saturated rings. The van der Waals surface area contributed by atoms with Crippen molar-refractivity contribution < 1.29 is 4.74 Å². The van der Waals surface area contributed by atoms with Crippen molar-refractivity contribution in [2.24, 2.45) is 0 Å². The normalized spacial score (nSPS) is 26.5. The lowest BCUT2D eigenvalue weighted by Crippen LogP contribution is -2.47. The number of rotatable bonds is 3. The number of allylic oxidation sites excluding steroid dienone is 2. The molecule has 1 aliphatic heterocycles. The number of nitrogens with zero attached hydrogens (tertiary/aromatic N) is 1. The summed E-state index contributed by atoms with van der Waals surface area (Å²) >= 11 is 0. The van der Waals surface area contributed by atoms with Crippen LogP contribution in [0.4, 0.5) is 0 Å².